The standard InChI is InChI=1S/C21H23BrN2OS/c1-5-12-23-20(26)18(19(25)15-6-8-17(22)9-7-15)24-13-10-16(11-14-24)21(2,3)4/h5-11,13-14H,1,12H2,2-4H3,(H-,23,25,26)/p+1. The zero-order valence-corrected chi connectivity index (χ0v) is 17.7. The molecule has 5 heteroatoms. The lowest BCUT2D eigenvalue weighted by molar-refractivity contribution is -0.576. The third kappa shape index (κ3) is 5.02. The van der Waals surface area contributed by atoms with Crippen LogP contribution in [0.2, 0.25) is 0 Å². The molecule has 0 fully saturated rings. The van der Waals surface area contributed by atoms with Gasteiger partial charge in [0.25, 0.3) is 5.70 Å². The maximum atomic E-state index is 10.9. The number of nitrogens with one attached hydrogen (secondary N) is 1. The van der Waals surface area contributed by atoms with E-state index in [1.807, 2.05) is 53.4 Å². The van der Waals surface area contributed by atoms with Crippen molar-refractivity contribution in [3.8, 4) is 0 Å². The fourth-order valence-electron chi connectivity index (χ4n) is 2.42. The molecule has 26 heavy (non-hydrogen) atoms. The molecule has 1 heterocycles. The second-order valence-electron chi connectivity index (χ2n) is 6.95. The van der Waals surface area contributed by atoms with Gasteiger partial charge in [0, 0.05) is 28.7 Å². The number of rotatable bonds is 5. The van der Waals surface area contributed by atoms with E-state index in [2.05, 4.69) is 48.6 Å². The summed E-state index contributed by atoms with van der Waals surface area (Å²) in [6.45, 7) is 10.7. The number of hydrogen-bond acceptors (Lipinski definition) is 2. The molecule has 0 aliphatic rings. The highest BCUT2D eigenvalue weighted by Crippen LogP contribution is 2.22. The van der Waals surface area contributed by atoms with E-state index >= 15 is 0 Å². The summed E-state index contributed by atoms with van der Waals surface area (Å²) in [5, 5.41) is 14.0. The average Bonchev–Trinajstić information content (AvgIpc) is 2.60. The minimum Gasteiger partial charge on any atom is -0.502 e. The lowest BCUT2D eigenvalue weighted by Crippen LogP contribution is -2.41. The Morgan fingerprint density at radius 3 is 2.27 bits per heavy atom. The molecule has 0 atom stereocenters. The van der Waals surface area contributed by atoms with E-state index in [0.29, 0.717) is 22.8 Å². The number of pyridine rings is 1. The Labute approximate surface area is 169 Å². The van der Waals surface area contributed by atoms with Crippen LogP contribution < -0.4 is 9.88 Å². The highest BCUT2D eigenvalue weighted by Gasteiger charge is 2.24. The van der Waals surface area contributed by atoms with E-state index in [0.717, 1.165) is 4.47 Å². The van der Waals surface area contributed by atoms with Crippen LogP contribution in [0.1, 0.15) is 31.9 Å². The van der Waals surface area contributed by atoms with Gasteiger partial charge in [-0.05, 0) is 35.2 Å². The maximum absolute atomic E-state index is 10.9. The molecule has 0 saturated carbocycles. The number of hydrogen-bond donors (Lipinski definition) is 2. The van der Waals surface area contributed by atoms with Crippen LogP contribution in [0, 0.1) is 0 Å². The summed E-state index contributed by atoms with van der Waals surface area (Å²) in [4.78, 5) is 0.457. The van der Waals surface area contributed by atoms with Gasteiger partial charge in [-0.25, -0.2) is 0 Å². The number of aliphatic hydroxyl groups excluding tert-OH is 1. The molecule has 0 amide bonds. The molecule has 136 valence electrons. The topological polar surface area (TPSA) is 36.1 Å². The van der Waals surface area contributed by atoms with Crippen molar-refractivity contribution in [2.75, 3.05) is 6.54 Å². The minimum absolute atomic E-state index is 0.0539. The second kappa shape index (κ2) is 8.60. The first-order valence-electron chi connectivity index (χ1n) is 8.34. The van der Waals surface area contributed by atoms with Crippen LogP contribution in [0.4, 0.5) is 0 Å². The first-order chi connectivity index (χ1) is 12.2. The van der Waals surface area contributed by atoms with E-state index in [-0.39, 0.29) is 11.2 Å². The Bertz CT molecular complexity index is 819. The first kappa shape index (κ1) is 20.3. The fraction of sp³-hybridized carbons (Fsp3) is 0.238. The van der Waals surface area contributed by atoms with E-state index < -0.39 is 0 Å². The van der Waals surface area contributed by atoms with Gasteiger partial charge in [0.05, 0.1) is 0 Å². The largest absolute Gasteiger partial charge is 0.502 e. The maximum Gasteiger partial charge on any atom is 0.287 e. The van der Waals surface area contributed by atoms with E-state index in [1.165, 1.54) is 5.56 Å². The van der Waals surface area contributed by atoms with Crippen molar-refractivity contribution in [2.24, 2.45) is 0 Å². The second-order valence-corrected chi connectivity index (χ2v) is 8.27. The molecule has 0 radical (unpaired) electrons. The van der Waals surface area contributed by atoms with Crippen molar-refractivity contribution in [3.05, 3.63) is 77.0 Å². The highest BCUT2D eigenvalue weighted by atomic mass is 79.9. The van der Waals surface area contributed by atoms with Crippen LogP contribution in [0.5, 0.6) is 0 Å². The monoisotopic (exact) mass is 431 g/mol. The lowest BCUT2D eigenvalue weighted by Gasteiger charge is -2.18. The quantitative estimate of drug-likeness (QED) is 0.229. The Morgan fingerprint density at radius 1 is 1.19 bits per heavy atom. The van der Waals surface area contributed by atoms with E-state index in [1.54, 1.807) is 6.08 Å². The van der Waals surface area contributed by atoms with Gasteiger partial charge in [-0.15, -0.1) is 6.58 Å². The van der Waals surface area contributed by atoms with Crippen molar-refractivity contribution < 1.29 is 9.67 Å². The Kier molecular flexibility index (Phi) is 6.73. The van der Waals surface area contributed by atoms with Gasteiger partial charge < -0.3 is 10.4 Å². The van der Waals surface area contributed by atoms with Gasteiger partial charge in [0.2, 0.25) is 0 Å². The molecule has 2 rings (SSSR count). The van der Waals surface area contributed by atoms with Crippen LogP contribution in [0.25, 0.3) is 11.5 Å². The van der Waals surface area contributed by atoms with Gasteiger partial charge in [-0.2, -0.15) is 4.57 Å². The predicted molar refractivity (Wildman–Crippen MR) is 116 cm³/mol. The average molecular weight is 432 g/mol. The highest BCUT2D eigenvalue weighted by molar-refractivity contribution is 9.10. The summed E-state index contributed by atoms with van der Waals surface area (Å²) in [6.07, 6.45) is 5.58. The molecular weight excluding hydrogens is 408 g/mol. The summed E-state index contributed by atoms with van der Waals surface area (Å²) >= 11 is 8.94. The number of aromatic nitrogens is 1. The van der Waals surface area contributed by atoms with Crippen molar-refractivity contribution in [1.29, 1.82) is 0 Å². The van der Waals surface area contributed by atoms with E-state index in [9.17, 15) is 5.11 Å². The SMILES string of the molecule is C=CCNC(=S)C(=C(O)c1ccc(Br)cc1)[n+]1ccc(C(C)(C)C)cc1. The Morgan fingerprint density at radius 2 is 1.77 bits per heavy atom. The van der Waals surface area contributed by atoms with Crippen LogP contribution in [0.15, 0.2) is 65.9 Å². The van der Waals surface area contributed by atoms with E-state index in [4.69, 9.17) is 12.2 Å². The van der Waals surface area contributed by atoms with Gasteiger partial charge >= 0.3 is 0 Å². The summed E-state index contributed by atoms with van der Waals surface area (Å²) < 4.78 is 2.79. The van der Waals surface area contributed by atoms with Crippen LogP contribution in [-0.2, 0) is 5.41 Å². The first-order valence-corrected chi connectivity index (χ1v) is 9.54. The molecule has 0 unspecified atom stereocenters. The fourth-order valence-corrected chi connectivity index (χ4v) is 2.97. The number of aliphatic hydroxyl groups is 1. The molecule has 2 N–H and O–H groups in total. The third-order valence-corrected chi connectivity index (χ3v) is 4.78. The molecule has 0 aliphatic carbocycles. The number of halogens is 1. The molecule has 2 aromatic rings. The van der Waals surface area contributed by atoms with Crippen LogP contribution in [-0.4, -0.2) is 16.6 Å². The molecule has 1 aromatic carbocycles. The van der Waals surface area contributed by atoms with Crippen LogP contribution >= 0.6 is 28.1 Å². The predicted octanol–water partition coefficient (Wildman–Crippen LogP) is 5.02. The minimum atomic E-state index is 0.0539. The van der Waals surface area contributed by atoms with Gasteiger partial charge in [0.15, 0.2) is 23.1 Å². The zero-order chi connectivity index (χ0) is 19.3. The number of nitrogens with zero attached hydrogens (tertiary/aromatic N) is 1. The number of thiocarbonyl (C=S) groups is 1. The lowest BCUT2D eigenvalue weighted by atomic mass is 9.88. The van der Waals surface area contributed by atoms with Crippen molar-refractivity contribution >= 4 is 44.6 Å². The smallest absolute Gasteiger partial charge is 0.287 e. The molecule has 0 bridgehead atoms. The molecule has 0 spiro atoms. The zero-order valence-electron chi connectivity index (χ0n) is 15.3. The van der Waals surface area contributed by atoms with Gasteiger partial charge in [-0.1, -0.05) is 55.0 Å². The Hall–Kier alpha value is -1.98. The van der Waals surface area contributed by atoms with Gasteiger partial charge in [-0.3, -0.25) is 0 Å². The summed E-state index contributed by atoms with van der Waals surface area (Å²) in [7, 11) is 0. The Balaban J connectivity index is 2.53. The van der Waals surface area contributed by atoms with Gasteiger partial charge in [0.1, 0.15) is 0 Å². The summed E-state index contributed by atoms with van der Waals surface area (Å²) in [6, 6.07) is 11.6. The number of benzene rings is 1. The normalized spacial score (nSPS) is 12.3. The molecule has 1 aromatic heterocycles. The van der Waals surface area contributed by atoms with Crippen molar-refractivity contribution in [1.82, 2.24) is 5.32 Å². The molecule has 3 nitrogen and oxygen atoms in total. The molecule has 0 saturated heterocycles. The summed E-state index contributed by atoms with van der Waals surface area (Å²) in [5.41, 5.74) is 2.49. The molecule has 0 aliphatic heterocycles. The summed E-state index contributed by atoms with van der Waals surface area (Å²) in [5.74, 6) is 0.118. The van der Waals surface area contributed by atoms with Crippen molar-refractivity contribution in [3.63, 3.8) is 0 Å². The molecular formula is C21H24BrN2OS+. The van der Waals surface area contributed by atoms with Crippen molar-refractivity contribution in [2.45, 2.75) is 26.2 Å². The third-order valence-electron chi connectivity index (χ3n) is 3.92. The van der Waals surface area contributed by atoms with Crippen LogP contribution in [0.3, 0.4) is 0 Å².